The fourth-order valence-electron chi connectivity index (χ4n) is 1.07. The molecule has 48 valence electrons. The molecule has 0 aliphatic carbocycles. The SMILES string of the molecule is C[C@@H]1[C@@H](O)CCN1C. The summed E-state index contributed by atoms with van der Waals surface area (Å²) < 4.78 is 0. The van der Waals surface area contributed by atoms with Crippen LogP contribution in [0.3, 0.4) is 0 Å². The number of rotatable bonds is 0. The zero-order valence-electron chi connectivity index (χ0n) is 5.46. The summed E-state index contributed by atoms with van der Waals surface area (Å²) in [5.41, 5.74) is 0. The van der Waals surface area contributed by atoms with E-state index in [1.54, 1.807) is 0 Å². The molecule has 2 heteroatoms. The van der Waals surface area contributed by atoms with Gasteiger partial charge in [0, 0.05) is 12.6 Å². The third-order valence-electron chi connectivity index (χ3n) is 2.03. The molecule has 2 nitrogen and oxygen atoms in total. The van der Waals surface area contributed by atoms with Gasteiger partial charge in [-0.15, -0.1) is 0 Å². The molecule has 1 N–H and O–H groups in total. The van der Waals surface area contributed by atoms with Gasteiger partial charge in [0.15, 0.2) is 0 Å². The molecule has 1 saturated heterocycles. The fraction of sp³-hybridized carbons (Fsp3) is 1.00. The van der Waals surface area contributed by atoms with Crippen LogP contribution in [0.5, 0.6) is 0 Å². The molecule has 1 rings (SSSR count). The lowest BCUT2D eigenvalue weighted by molar-refractivity contribution is 0.137. The summed E-state index contributed by atoms with van der Waals surface area (Å²) >= 11 is 0. The first-order valence-corrected chi connectivity index (χ1v) is 3.10. The minimum atomic E-state index is -0.0833. The standard InChI is InChI=1S/C6H13NO/c1-5-6(8)3-4-7(5)2/h5-6,8H,3-4H2,1-2H3/t5-,6+/m1/s1. The van der Waals surface area contributed by atoms with Crippen molar-refractivity contribution in [2.24, 2.45) is 0 Å². The van der Waals surface area contributed by atoms with E-state index in [-0.39, 0.29) is 6.10 Å². The highest BCUT2D eigenvalue weighted by Gasteiger charge is 2.25. The number of nitrogens with zero attached hydrogens (tertiary/aromatic N) is 1. The molecule has 0 amide bonds. The van der Waals surface area contributed by atoms with Gasteiger partial charge in [-0.3, -0.25) is 0 Å². The fourth-order valence-corrected chi connectivity index (χ4v) is 1.07. The Labute approximate surface area is 50.1 Å². The van der Waals surface area contributed by atoms with Crippen LogP contribution in [-0.4, -0.2) is 35.7 Å². The van der Waals surface area contributed by atoms with Gasteiger partial charge in [-0.05, 0) is 20.4 Å². The molecule has 0 aromatic rings. The van der Waals surface area contributed by atoms with Crippen molar-refractivity contribution in [2.75, 3.05) is 13.6 Å². The maximum atomic E-state index is 9.13. The molecule has 1 aliphatic heterocycles. The number of aliphatic hydroxyl groups excluding tert-OH is 1. The molecular weight excluding hydrogens is 102 g/mol. The summed E-state index contributed by atoms with van der Waals surface area (Å²) in [5.74, 6) is 0. The van der Waals surface area contributed by atoms with Crippen LogP contribution in [0.2, 0.25) is 0 Å². The van der Waals surface area contributed by atoms with E-state index in [0.717, 1.165) is 13.0 Å². The summed E-state index contributed by atoms with van der Waals surface area (Å²) in [6, 6.07) is 0.370. The monoisotopic (exact) mass is 115 g/mol. The maximum Gasteiger partial charge on any atom is 0.0704 e. The topological polar surface area (TPSA) is 23.5 Å². The maximum absolute atomic E-state index is 9.13. The van der Waals surface area contributed by atoms with Gasteiger partial charge in [0.05, 0.1) is 6.10 Å². The number of likely N-dealkylation sites (N-methyl/N-ethyl adjacent to an activating group) is 1. The Morgan fingerprint density at radius 1 is 1.62 bits per heavy atom. The van der Waals surface area contributed by atoms with Gasteiger partial charge in [0.25, 0.3) is 0 Å². The van der Waals surface area contributed by atoms with Crippen LogP contribution in [0.15, 0.2) is 0 Å². The zero-order chi connectivity index (χ0) is 6.15. The Morgan fingerprint density at radius 3 is 2.38 bits per heavy atom. The molecule has 0 bridgehead atoms. The molecule has 0 spiro atoms. The Morgan fingerprint density at radius 2 is 2.25 bits per heavy atom. The Balaban J connectivity index is 2.44. The van der Waals surface area contributed by atoms with Gasteiger partial charge < -0.3 is 10.0 Å². The highest BCUT2D eigenvalue weighted by atomic mass is 16.3. The lowest BCUT2D eigenvalue weighted by atomic mass is 10.2. The van der Waals surface area contributed by atoms with Gasteiger partial charge >= 0.3 is 0 Å². The third kappa shape index (κ3) is 0.858. The second-order valence-corrected chi connectivity index (χ2v) is 2.58. The van der Waals surface area contributed by atoms with Crippen LogP contribution in [0, 0.1) is 0 Å². The number of aliphatic hydroxyl groups is 1. The molecule has 0 aromatic carbocycles. The van der Waals surface area contributed by atoms with E-state index in [1.165, 1.54) is 0 Å². The van der Waals surface area contributed by atoms with E-state index < -0.39 is 0 Å². The van der Waals surface area contributed by atoms with E-state index in [1.807, 2.05) is 7.05 Å². The molecule has 1 fully saturated rings. The summed E-state index contributed by atoms with van der Waals surface area (Å²) in [6.45, 7) is 3.10. The molecule has 2 atom stereocenters. The molecule has 0 aromatic heterocycles. The molecule has 0 unspecified atom stereocenters. The van der Waals surface area contributed by atoms with Gasteiger partial charge in [-0.1, -0.05) is 0 Å². The Bertz CT molecular complexity index is 74.6. The average Bonchev–Trinajstić information content (AvgIpc) is 1.98. The van der Waals surface area contributed by atoms with Gasteiger partial charge in [-0.2, -0.15) is 0 Å². The molecule has 8 heavy (non-hydrogen) atoms. The van der Waals surface area contributed by atoms with E-state index >= 15 is 0 Å². The highest BCUT2D eigenvalue weighted by molar-refractivity contribution is 4.80. The van der Waals surface area contributed by atoms with E-state index in [2.05, 4.69) is 11.8 Å². The van der Waals surface area contributed by atoms with Crippen molar-refractivity contribution in [1.82, 2.24) is 4.90 Å². The van der Waals surface area contributed by atoms with Crippen LogP contribution in [0.4, 0.5) is 0 Å². The van der Waals surface area contributed by atoms with Crippen molar-refractivity contribution in [3.8, 4) is 0 Å². The highest BCUT2D eigenvalue weighted by Crippen LogP contribution is 2.13. The predicted molar refractivity (Wildman–Crippen MR) is 32.7 cm³/mol. The first-order valence-electron chi connectivity index (χ1n) is 3.10. The van der Waals surface area contributed by atoms with Crippen LogP contribution in [0.25, 0.3) is 0 Å². The van der Waals surface area contributed by atoms with Crippen molar-refractivity contribution in [3.63, 3.8) is 0 Å². The smallest absolute Gasteiger partial charge is 0.0704 e. The van der Waals surface area contributed by atoms with Crippen molar-refractivity contribution < 1.29 is 5.11 Å². The first-order chi connectivity index (χ1) is 3.72. The molecule has 0 radical (unpaired) electrons. The number of hydrogen-bond acceptors (Lipinski definition) is 2. The van der Waals surface area contributed by atoms with Crippen LogP contribution in [-0.2, 0) is 0 Å². The van der Waals surface area contributed by atoms with E-state index in [0.29, 0.717) is 6.04 Å². The minimum absolute atomic E-state index is 0.0833. The first kappa shape index (κ1) is 6.05. The Kier molecular flexibility index (Phi) is 1.54. The van der Waals surface area contributed by atoms with E-state index in [9.17, 15) is 0 Å². The normalized spacial score (nSPS) is 40.9. The lowest BCUT2D eigenvalue weighted by Crippen LogP contribution is -2.28. The summed E-state index contributed by atoms with van der Waals surface area (Å²) in [4.78, 5) is 2.17. The van der Waals surface area contributed by atoms with Crippen molar-refractivity contribution in [3.05, 3.63) is 0 Å². The lowest BCUT2D eigenvalue weighted by Gasteiger charge is -2.15. The molecule has 1 heterocycles. The predicted octanol–water partition coefficient (Wildman–Crippen LogP) is 0.0713. The van der Waals surface area contributed by atoms with Crippen molar-refractivity contribution in [2.45, 2.75) is 25.5 Å². The van der Waals surface area contributed by atoms with Crippen LogP contribution in [0.1, 0.15) is 13.3 Å². The minimum Gasteiger partial charge on any atom is -0.391 e. The van der Waals surface area contributed by atoms with E-state index in [4.69, 9.17) is 5.11 Å². The van der Waals surface area contributed by atoms with Crippen molar-refractivity contribution in [1.29, 1.82) is 0 Å². The van der Waals surface area contributed by atoms with Crippen LogP contribution < -0.4 is 0 Å². The molecule has 1 aliphatic rings. The third-order valence-corrected chi connectivity index (χ3v) is 2.03. The molecule has 0 saturated carbocycles. The van der Waals surface area contributed by atoms with Crippen molar-refractivity contribution >= 4 is 0 Å². The van der Waals surface area contributed by atoms with Gasteiger partial charge in [-0.25, -0.2) is 0 Å². The second-order valence-electron chi connectivity index (χ2n) is 2.58. The average molecular weight is 115 g/mol. The van der Waals surface area contributed by atoms with Crippen LogP contribution >= 0.6 is 0 Å². The Hall–Kier alpha value is -0.0800. The zero-order valence-corrected chi connectivity index (χ0v) is 5.46. The second kappa shape index (κ2) is 2.03. The molecular formula is C6H13NO. The number of hydrogen-bond donors (Lipinski definition) is 1. The summed E-state index contributed by atoms with van der Waals surface area (Å²) in [6.07, 6.45) is 0.859. The largest absolute Gasteiger partial charge is 0.391 e. The number of likely N-dealkylation sites (tertiary alicyclic amines) is 1. The quantitative estimate of drug-likeness (QED) is 0.483. The van der Waals surface area contributed by atoms with Gasteiger partial charge in [0.2, 0.25) is 0 Å². The summed E-state index contributed by atoms with van der Waals surface area (Å²) in [5, 5.41) is 9.13. The summed E-state index contributed by atoms with van der Waals surface area (Å²) in [7, 11) is 2.04. The van der Waals surface area contributed by atoms with Gasteiger partial charge in [0.1, 0.15) is 0 Å².